The summed E-state index contributed by atoms with van der Waals surface area (Å²) in [4.78, 5) is 3.99. The van der Waals surface area contributed by atoms with E-state index in [-0.39, 0.29) is 5.41 Å². The Kier molecular flexibility index (Phi) is 3.08. The summed E-state index contributed by atoms with van der Waals surface area (Å²) in [6, 6.07) is 0. The van der Waals surface area contributed by atoms with Gasteiger partial charge in [0.15, 0.2) is 17.2 Å². The van der Waals surface area contributed by atoms with Gasteiger partial charge in [0, 0.05) is 24.0 Å². The highest BCUT2D eigenvalue weighted by Gasteiger charge is 2.25. The molecule has 0 amide bonds. The van der Waals surface area contributed by atoms with E-state index >= 15 is 0 Å². The summed E-state index contributed by atoms with van der Waals surface area (Å²) in [5, 5.41) is 18.0. The quantitative estimate of drug-likeness (QED) is 0.681. The Morgan fingerprint density at radius 2 is 1.95 bits per heavy atom. The third kappa shape index (κ3) is 2.33. The average molecular weight is 304 g/mol. The fourth-order valence-electron chi connectivity index (χ4n) is 2.07. The van der Waals surface area contributed by atoms with Crippen molar-refractivity contribution >= 4 is 28.0 Å². The number of hydrogen-bond donors (Lipinski definition) is 0. The van der Waals surface area contributed by atoms with Crippen molar-refractivity contribution in [1.29, 1.82) is 0 Å². The van der Waals surface area contributed by atoms with Crippen LogP contribution in [0.4, 0.5) is 10.8 Å². The van der Waals surface area contributed by atoms with E-state index in [2.05, 4.69) is 50.6 Å². The Hall–Kier alpha value is -2.16. The number of aromatic nitrogens is 6. The van der Waals surface area contributed by atoms with Crippen LogP contribution in [-0.4, -0.2) is 28.8 Å². The van der Waals surface area contributed by atoms with Crippen LogP contribution in [0.15, 0.2) is 16.6 Å². The molecule has 3 aromatic rings. The van der Waals surface area contributed by atoms with E-state index in [1.165, 1.54) is 17.9 Å². The standard InChI is InChI=1S/C12H16N8S/c1-7-8(15-16-11-13-6-14-21-11)9-19(5)18-10(12(2,3)4)20(9)17-7/h6H,1-5H3. The highest BCUT2D eigenvalue weighted by Crippen LogP contribution is 2.30. The van der Waals surface area contributed by atoms with Crippen molar-refractivity contribution in [3.63, 3.8) is 0 Å². The lowest BCUT2D eigenvalue weighted by atomic mass is 9.96. The number of aryl methyl sites for hydroxylation is 2. The van der Waals surface area contributed by atoms with Crippen molar-refractivity contribution in [2.24, 2.45) is 17.3 Å². The van der Waals surface area contributed by atoms with Gasteiger partial charge in [-0.1, -0.05) is 20.8 Å². The van der Waals surface area contributed by atoms with E-state index < -0.39 is 0 Å². The van der Waals surface area contributed by atoms with Gasteiger partial charge in [-0.25, -0.2) is 9.67 Å². The van der Waals surface area contributed by atoms with Gasteiger partial charge in [0.25, 0.3) is 0 Å². The van der Waals surface area contributed by atoms with Crippen LogP contribution < -0.4 is 0 Å². The topological polar surface area (TPSA) is 85.6 Å². The summed E-state index contributed by atoms with van der Waals surface area (Å²) in [5.74, 6) is 0.889. The van der Waals surface area contributed by atoms with Gasteiger partial charge in [-0.15, -0.1) is 10.2 Å². The molecular formula is C12H16N8S. The summed E-state index contributed by atoms with van der Waals surface area (Å²) in [6.45, 7) is 8.23. The minimum absolute atomic E-state index is 0.106. The molecule has 21 heavy (non-hydrogen) atoms. The molecule has 0 saturated carbocycles. The van der Waals surface area contributed by atoms with E-state index in [1.54, 1.807) is 4.68 Å². The van der Waals surface area contributed by atoms with Crippen molar-refractivity contribution in [2.75, 3.05) is 0 Å². The number of azo groups is 1. The van der Waals surface area contributed by atoms with Gasteiger partial charge in [-0.3, -0.25) is 0 Å². The molecule has 0 fully saturated rings. The average Bonchev–Trinajstić information content (AvgIpc) is 3.05. The monoisotopic (exact) mass is 304 g/mol. The molecule has 0 N–H and O–H groups in total. The maximum atomic E-state index is 4.56. The zero-order valence-corrected chi connectivity index (χ0v) is 13.4. The lowest BCUT2D eigenvalue weighted by Gasteiger charge is -2.14. The van der Waals surface area contributed by atoms with Crippen LogP contribution in [0.5, 0.6) is 0 Å². The van der Waals surface area contributed by atoms with Gasteiger partial charge in [0.2, 0.25) is 5.13 Å². The Bertz CT molecular complexity index is 803. The molecule has 0 radical (unpaired) electrons. The Morgan fingerprint density at radius 1 is 1.19 bits per heavy atom. The van der Waals surface area contributed by atoms with Gasteiger partial charge >= 0.3 is 0 Å². The Morgan fingerprint density at radius 3 is 2.57 bits per heavy atom. The first-order valence-corrected chi connectivity index (χ1v) is 7.26. The predicted molar refractivity (Wildman–Crippen MR) is 79.5 cm³/mol. The molecule has 3 heterocycles. The minimum atomic E-state index is -0.106. The molecule has 0 saturated heterocycles. The molecule has 0 aliphatic carbocycles. The third-order valence-electron chi connectivity index (χ3n) is 3.01. The zero-order valence-electron chi connectivity index (χ0n) is 12.6. The van der Waals surface area contributed by atoms with Crippen molar-refractivity contribution in [3.05, 3.63) is 17.8 Å². The second-order valence-electron chi connectivity index (χ2n) is 5.79. The van der Waals surface area contributed by atoms with E-state index in [4.69, 9.17) is 0 Å². The zero-order chi connectivity index (χ0) is 15.2. The second kappa shape index (κ2) is 4.69. The molecule has 0 spiro atoms. The normalized spacial score (nSPS) is 12.8. The fraction of sp³-hybridized carbons (Fsp3) is 0.500. The van der Waals surface area contributed by atoms with E-state index in [0.717, 1.165) is 17.2 Å². The second-order valence-corrected chi connectivity index (χ2v) is 6.55. The van der Waals surface area contributed by atoms with Gasteiger partial charge in [-0.05, 0) is 6.92 Å². The minimum Gasteiger partial charge on any atom is -0.247 e. The van der Waals surface area contributed by atoms with Crippen LogP contribution >= 0.6 is 11.5 Å². The van der Waals surface area contributed by atoms with Gasteiger partial charge in [0.05, 0.1) is 5.69 Å². The van der Waals surface area contributed by atoms with Crippen LogP contribution in [0.3, 0.4) is 0 Å². The van der Waals surface area contributed by atoms with Gasteiger partial charge in [0.1, 0.15) is 6.33 Å². The van der Waals surface area contributed by atoms with Crippen LogP contribution in [0.1, 0.15) is 32.3 Å². The SMILES string of the molecule is Cc1nn2c(C(C)(C)C)nn(C)c2c1N=Nc1ncns1. The first kappa shape index (κ1) is 13.8. The molecule has 0 aliphatic heterocycles. The molecule has 8 nitrogen and oxygen atoms in total. The maximum Gasteiger partial charge on any atom is 0.249 e. The highest BCUT2D eigenvalue weighted by molar-refractivity contribution is 7.09. The summed E-state index contributed by atoms with van der Waals surface area (Å²) >= 11 is 1.20. The number of rotatable bonds is 2. The summed E-state index contributed by atoms with van der Waals surface area (Å²) in [7, 11) is 1.88. The number of nitrogens with zero attached hydrogens (tertiary/aromatic N) is 8. The number of fused-ring (bicyclic) bond motifs is 1. The molecule has 9 heteroatoms. The van der Waals surface area contributed by atoms with Crippen LogP contribution in [-0.2, 0) is 12.5 Å². The van der Waals surface area contributed by atoms with E-state index in [9.17, 15) is 0 Å². The molecule has 0 aromatic carbocycles. The van der Waals surface area contributed by atoms with Crippen molar-refractivity contribution < 1.29 is 0 Å². The van der Waals surface area contributed by atoms with Crippen molar-refractivity contribution in [1.82, 2.24) is 28.8 Å². The summed E-state index contributed by atoms with van der Waals surface area (Å²) < 4.78 is 7.52. The molecule has 110 valence electrons. The fourth-order valence-corrected chi connectivity index (χ4v) is 2.43. The van der Waals surface area contributed by atoms with Crippen molar-refractivity contribution in [2.45, 2.75) is 33.1 Å². The summed E-state index contributed by atoms with van der Waals surface area (Å²) in [5.41, 5.74) is 2.23. The lowest BCUT2D eigenvalue weighted by Crippen LogP contribution is -2.16. The van der Waals surface area contributed by atoms with Crippen molar-refractivity contribution in [3.8, 4) is 0 Å². The molecule has 0 bridgehead atoms. The van der Waals surface area contributed by atoms with Gasteiger partial charge in [-0.2, -0.15) is 19.1 Å². The third-order valence-corrected chi connectivity index (χ3v) is 3.56. The molecule has 0 unspecified atom stereocenters. The highest BCUT2D eigenvalue weighted by atomic mass is 32.1. The maximum absolute atomic E-state index is 4.56. The summed E-state index contributed by atoms with van der Waals surface area (Å²) in [6.07, 6.45) is 1.46. The molecule has 0 aliphatic rings. The smallest absolute Gasteiger partial charge is 0.247 e. The predicted octanol–water partition coefficient (Wildman–Crippen LogP) is 2.94. The molecule has 3 aromatic heterocycles. The first-order chi connectivity index (χ1) is 9.88. The van der Waals surface area contributed by atoms with Gasteiger partial charge < -0.3 is 0 Å². The van der Waals surface area contributed by atoms with Crippen LogP contribution in [0.2, 0.25) is 0 Å². The van der Waals surface area contributed by atoms with E-state index in [0.29, 0.717) is 10.8 Å². The molecule has 0 atom stereocenters. The van der Waals surface area contributed by atoms with E-state index in [1.807, 2.05) is 18.5 Å². The lowest BCUT2D eigenvalue weighted by molar-refractivity contribution is 0.520. The molecule has 3 rings (SSSR count). The first-order valence-electron chi connectivity index (χ1n) is 6.49. The Balaban J connectivity index is 2.16. The number of hydrogen-bond acceptors (Lipinski definition) is 7. The van der Waals surface area contributed by atoms with Crippen LogP contribution in [0.25, 0.3) is 5.65 Å². The van der Waals surface area contributed by atoms with Crippen LogP contribution in [0, 0.1) is 6.92 Å². The Labute approximate surface area is 125 Å². The largest absolute Gasteiger partial charge is 0.249 e. The molecular weight excluding hydrogens is 288 g/mol.